The third-order valence-electron chi connectivity index (χ3n) is 3.82. The molecule has 1 N–H and O–H groups in total. The third kappa shape index (κ3) is 2.77. The number of nitrogens with one attached hydrogen (secondary N) is 1. The van der Waals surface area contributed by atoms with Crippen LogP contribution in [0.15, 0.2) is 48.7 Å². The summed E-state index contributed by atoms with van der Waals surface area (Å²) in [4.78, 5) is 4.27. The summed E-state index contributed by atoms with van der Waals surface area (Å²) in [7, 11) is 0. The van der Waals surface area contributed by atoms with E-state index in [9.17, 15) is 0 Å². The van der Waals surface area contributed by atoms with E-state index in [1.54, 1.807) is 6.20 Å². The van der Waals surface area contributed by atoms with E-state index in [1.807, 2.05) is 19.1 Å². The predicted octanol–water partition coefficient (Wildman–Crippen LogP) is 3.84. The molecule has 104 valence electrons. The van der Waals surface area contributed by atoms with Gasteiger partial charge in [-0.1, -0.05) is 30.3 Å². The molecule has 1 aromatic heterocycles. The molecule has 0 amide bonds. The average molecular weight is 268 g/mol. The van der Waals surface area contributed by atoms with Gasteiger partial charge in [0.15, 0.2) is 0 Å². The monoisotopic (exact) mass is 268 g/mol. The van der Waals surface area contributed by atoms with Crippen LogP contribution in [0.2, 0.25) is 0 Å². The van der Waals surface area contributed by atoms with Crippen LogP contribution in [-0.2, 0) is 0 Å². The van der Waals surface area contributed by atoms with Crippen LogP contribution < -0.4 is 10.1 Å². The van der Waals surface area contributed by atoms with Gasteiger partial charge in [-0.05, 0) is 43.4 Å². The molecule has 1 saturated carbocycles. The van der Waals surface area contributed by atoms with Crippen molar-refractivity contribution in [3.63, 3.8) is 0 Å². The zero-order valence-corrected chi connectivity index (χ0v) is 11.8. The van der Waals surface area contributed by atoms with Crippen LogP contribution in [0.5, 0.6) is 5.88 Å². The number of hydrogen-bond donors (Lipinski definition) is 1. The Morgan fingerprint density at radius 3 is 2.70 bits per heavy atom. The Hall–Kier alpha value is -2.03. The van der Waals surface area contributed by atoms with E-state index in [4.69, 9.17) is 4.74 Å². The molecule has 20 heavy (non-hydrogen) atoms. The highest BCUT2D eigenvalue weighted by Gasteiger charge is 2.30. The molecule has 1 heterocycles. The highest BCUT2D eigenvalue weighted by molar-refractivity contribution is 5.53. The van der Waals surface area contributed by atoms with Crippen molar-refractivity contribution in [2.24, 2.45) is 0 Å². The van der Waals surface area contributed by atoms with Gasteiger partial charge >= 0.3 is 0 Å². The van der Waals surface area contributed by atoms with Gasteiger partial charge in [-0.15, -0.1) is 0 Å². The van der Waals surface area contributed by atoms with E-state index in [1.165, 1.54) is 18.4 Å². The van der Waals surface area contributed by atoms with Crippen molar-refractivity contribution >= 4 is 5.69 Å². The molecule has 0 unspecified atom stereocenters. The maximum Gasteiger partial charge on any atom is 0.237 e. The molecular weight excluding hydrogens is 248 g/mol. The van der Waals surface area contributed by atoms with Crippen molar-refractivity contribution in [1.29, 1.82) is 0 Å². The zero-order chi connectivity index (χ0) is 13.8. The number of aromatic nitrogens is 1. The lowest BCUT2D eigenvalue weighted by molar-refractivity contribution is 0.325. The molecule has 1 aliphatic carbocycles. The predicted molar refractivity (Wildman–Crippen MR) is 81.2 cm³/mol. The molecule has 0 saturated heterocycles. The molecule has 1 fully saturated rings. The van der Waals surface area contributed by atoms with E-state index in [0.717, 1.165) is 5.69 Å². The molecule has 0 atom stereocenters. The number of rotatable bonds is 5. The Balaban J connectivity index is 1.59. The van der Waals surface area contributed by atoms with Gasteiger partial charge in [-0.25, -0.2) is 4.98 Å². The van der Waals surface area contributed by atoms with E-state index >= 15 is 0 Å². The summed E-state index contributed by atoms with van der Waals surface area (Å²) in [6.45, 7) is 2.62. The second kappa shape index (κ2) is 5.95. The minimum atomic E-state index is 0.517. The topological polar surface area (TPSA) is 34.1 Å². The molecule has 3 rings (SSSR count). The summed E-state index contributed by atoms with van der Waals surface area (Å²) in [6, 6.07) is 15.2. The summed E-state index contributed by atoms with van der Waals surface area (Å²) in [6.07, 6.45) is 4.11. The van der Waals surface area contributed by atoms with Gasteiger partial charge in [0.1, 0.15) is 0 Å². The Morgan fingerprint density at radius 2 is 1.95 bits per heavy atom. The number of ether oxygens (including phenoxy) is 1. The van der Waals surface area contributed by atoms with Crippen LogP contribution in [0, 0.1) is 0 Å². The van der Waals surface area contributed by atoms with E-state index in [-0.39, 0.29) is 0 Å². The van der Waals surface area contributed by atoms with Crippen molar-refractivity contribution in [2.45, 2.75) is 31.7 Å². The van der Waals surface area contributed by atoms with Gasteiger partial charge in [0.05, 0.1) is 12.3 Å². The lowest BCUT2D eigenvalue weighted by Gasteiger charge is -2.37. The maximum atomic E-state index is 5.54. The smallest absolute Gasteiger partial charge is 0.237 e. The summed E-state index contributed by atoms with van der Waals surface area (Å²) in [5, 5.41) is 3.54. The molecule has 1 aromatic carbocycles. The number of anilines is 1. The molecule has 0 aliphatic heterocycles. The summed E-state index contributed by atoms with van der Waals surface area (Å²) in [5.74, 6) is 1.39. The number of pyridine rings is 1. The SMILES string of the molecule is CCOc1ncccc1NC1CC(c2ccccc2)C1. The van der Waals surface area contributed by atoms with E-state index in [0.29, 0.717) is 24.4 Å². The Labute approximate surface area is 120 Å². The van der Waals surface area contributed by atoms with Crippen LogP contribution in [0.1, 0.15) is 31.2 Å². The highest BCUT2D eigenvalue weighted by atomic mass is 16.5. The van der Waals surface area contributed by atoms with Crippen LogP contribution >= 0.6 is 0 Å². The molecule has 3 heteroatoms. The van der Waals surface area contributed by atoms with Gasteiger partial charge in [0, 0.05) is 12.2 Å². The number of nitrogens with zero attached hydrogens (tertiary/aromatic N) is 1. The van der Waals surface area contributed by atoms with Gasteiger partial charge in [0.2, 0.25) is 5.88 Å². The summed E-state index contributed by atoms with van der Waals surface area (Å²) in [5.41, 5.74) is 2.45. The first-order valence-corrected chi connectivity index (χ1v) is 7.26. The van der Waals surface area contributed by atoms with Gasteiger partial charge in [-0.2, -0.15) is 0 Å². The van der Waals surface area contributed by atoms with E-state index in [2.05, 4.69) is 40.6 Å². The number of benzene rings is 1. The fourth-order valence-electron chi connectivity index (χ4n) is 2.71. The summed E-state index contributed by atoms with van der Waals surface area (Å²) >= 11 is 0. The van der Waals surface area contributed by atoms with Crippen molar-refractivity contribution < 1.29 is 4.74 Å². The van der Waals surface area contributed by atoms with Gasteiger partial charge < -0.3 is 10.1 Å². The largest absolute Gasteiger partial charge is 0.476 e. The lowest BCUT2D eigenvalue weighted by atomic mass is 9.76. The third-order valence-corrected chi connectivity index (χ3v) is 3.82. The van der Waals surface area contributed by atoms with E-state index < -0.39 is 0 Å². The van der Waals surface area contributed by atoms with Crippen LogP contribution in [-0.4, -0.2) is 17.6 Å². The first-order valence-electron chi connectivity index (χ1n) is 7.26. The Morgan fingerprint density at radius 1 is 1.15 bits per heavy atom. The van der Waals surface area contributed by atoms with Gasteiger partial charge in [0.25, 0.3) is 0 Å². The molecule has 2 aromatic rings. The second-order valence-corrected chi connectivity index (χ2v) is 5.21. The minimum absolute atomic E-state index is 0.517. The molecule has 3 nitrogen and oxygen atoms in total. The van der Waals surface area contributed by atoms with Crippen LogP contribution in [0.4, 0.5) is 5.69 Å². The normalized spacial score (nSPS) is 21.1. The fourth-order valence-corrected chi connectivity index (χ4v) is 2.71. The summed E-state index contributed by atoms with van der Waals surface area (Å²) < 4.78 is 5.54. The quantitative estimate of drug-likeness (QED) is 0.894. The first-order chi connectivity index (χ1) is 9.86. The minimum Gasteiger partial charge on any atom is -0.476 e. The Kier molecular flexibility index (Phi) is 3.86. The number of hydrogen-bond acceptors (Lipinski definition) is 3. The van der Waals surface area contributed by atoms with Crippen molar-refractivity contribution in [1.82, 2.24) is 4.98 Å². The van der Waals surface area contributed by atoms with Crippen LogP contribution in [0.25, 0.3) is 0 Å². The van der Waals surface area contributed by atoms with Crippen molar-refractivity contribution in [3.05, 3.63) is 54.2 Å². The average Bonchev–Trinajstić information content (AvgIpc) is 2.45. The highest BCUT2D eigenvalue weighted by Crippen LogP contribution is 2.39. The fraction of sp³-hybridized carbons (Fsp3) is 0.353. The molecule has 0 bridgehead atoms. The Bertz CT molecular complexity index is 550. The first kappa shape index (κ1) is 13.0. The zero-order valence-electron chi connectivity index (χ0n) is 11.8. The van der Waals surface area contributed by atoms with Crippen molar-refractivity contribution in [3.8, 4) is 5.88 Å². The molecule has 0 spiro atoms. The maximum absolute atomic E-state index is 5.54. The molecule has 0 radical (unpaired) electrons. The van der Waals surface area contributed by atoms with Crippen LogP contribution in [0.3, 0.4) is 0 Å². The molecular formula is C17H20N2O. The molecule has 1 aliphatic rings. The van der Waals surface area contributed by atoms with Gasteiger partial charge in [-0.3, -0.25) is 0 Å². The standard InChI is InChI=1S/C17H20N2O/c1-2-20-17-16(9-6-10-18-17)19-15-11-14(12-15)13-7-4-3-5-8-13/h3-10,14-15,19H,2,11-12H2,1H3. The lowest BCUT2D eigenvalue weighted by Crippen LogP contribution is -2.34. The van der Waals surface area contributed by atoms with Crippen molar-refractivity contribution in [2.75, 3.05) is 11.9 Å². The second-order valence-electron chi connectivity index (χ2n) is 5.21.